The minimum atomic E-state index is -0.0552. The van der Waals surface area contributed by atoms with Gasteiger partial charge < -0.3 is 10.0 Å². The zero-order valence-electron chi connectivity index (χ0n) is 10.5. The maximum atomic E-state index is 12.4. The molecule has 0 bridgehead atoms. The lowest BCUT2D eigenvalue weighted by Crippen LogP contribution is -2.37. The Kier molecular flexibility index (Phi) is 4.48. The molecule has 0 spiro atoms. The predicted octanol–water partition coefficient (Wildman–Crippen LogP) is 3.26. The van der Waals surface area contributed by atoms with Crippen molar-refractivity contribution in [2.24, 2.45) is 5.92 Å². The largest absolute Gasteiger partial charge is 0.507 e. The first kappa shape index (κ1) is 13.6. The van der Waals surface area contributed by atoms with Crippen LogP contribution in [0.3, 0.4) is 0 Å². The Morgan fingerprint density at radius 3 is 2.78 bits per heavy atom. The summed E-state index contributed by atoms with van der Waals surface area (Å²) in [5.74, 6) is 0.673. The Morgan fingerprint density at radius 1 is 1.50 bits per heavy atom. The zero-order valence-corrected chi connectivity index (χ0v) is 12.7. The van der Waals surface area contributed by atoms with Crippen LogP contribution in [0.15, 0.2) is 18.2 Å². The van der Waals surface area contributed by atoms with Crippen molar-refractivity contribution in [2.45, 2.75) is 26.2 Å². The maximum absolute atomic E-state index is 12.4. The number of phenolic OH excluding ortho intramolecular Hbond substituents is 1. The molecule has 1 saturated carbocycles. The Morgan fingerprint density at radius 2 is 2.22 bits per heavy atom. The highest BCUT2D eigenvalue weighted by Gasteiger charge is 2.24. The quantitative estimate of drug-likeness (QED) is 0.839. The molecule has 1 aromatic rings. The molecule has 0 heterocycles. The second-order valence-corrected chi connectivity index (χ2v) is 6.05. The number of hydrogen-bond acceptors (Lipinski definition) is 2. The minimum Gasteiger partial charge on any atom is -0.507 e. The molecule has 0 atom stereocenters. The van der Waals surface area contributed by atoms with E-state index in [1.54, 1.807) is 18.2 Å². The molecule has 0 aliphatic heterocycles. The van der Waals surface area contributed by atoms with E-state index in [0.29, 0.717) is 18.0 Å². The van der Waals surface area contributed by atoms with Gasteiger partial charge >= 0.3 is 0 Å². The van der Waals surface area contributed by atoms with E-state index in [1.807, 2.05) is 11.8 Å². The van der Waals surface area contributed by atoms with Crippen LogP contribution in [-0.2, 0) is 0 Å². The number of carbonyl (C=O) groups is 1. The van der Waals surface area contributed by atoms with Gasteiger partial charge in [0, 0.05) is 16.7 Å². The summed E-state index contributed by atoms with van der Waals surface area (Å²) >= 11 is 2.15. The third-order valence-electron chi connectivity index (χ3n) is 3.56. The van der Waals surface area contributed by atoms with E-state index >= 15 is 0 Å². The molecule has 1 fully saturated rings. The lowest BCUT2D eigenvalue weighted by Gasteiger charge is -2.32. The number of halogens is 1. The molecule has 2 rings (SSSR count). The number of nitrogens with zero attached hydrogens (tertiary/aromatic N) is 1. The molecule has 0 unspecified atom stereocenters. The molecule has 0 aromatic heterocycles. The summed E-state index contributed by atoms with van der Waals surface area (Å²) in [5, 5.41) is 9.80. The molecular formula is C14H18INO2. The number of aromatic hydroxyl groups is 1. The summed E-state index contributed by atoms with van der Waals surface area (Å²) in [4.78, 5) is 14.2. The minimum absolute atomic E-state index is 0.0552. The first-order chi connectivity index (χ1) is 8.61. The van der Waals surface area contributed by atoms with Crippen molar-refractivity contribution in [3.05, 3.63) is 27.3 Å². The van der Waals surface area contributed by atoms with Crippen LogP contribution in [0.1, 0.15) is 36.5 Å². The van der Waals surface area contributed by atoms with Crippen molar-refractivity contribution in [3.8, 4) is 5.75 Å². The highest BCUT2D eigenvalue weighted by molar-refractivity contribution is 14.1. The molecule has 98 valence electrons. The summed E-state index contributed by atoms with van der Waals surface area (Å²) in [6.07, 6.45) is 3.73. The normalized spacial score (nSPS) is 15.2. The Labute approximate surface area is 121 Å². The van der Waals surface area contributed by atoms with E-state index in [1.165, 1.54) is 19.3 Å². The molecule has 18 heavy (non-hydrogen) atoms. The van der Waals surface area contributed by atoms with Crippen LogP contribution < -0.4 is 0 Å². The smallest absolute Gasteiger partial charge is 0.257 e. The van der Waals surface area contributed by atoms with Crippen LogP contribution in [0.25, 0.3) is 0 Å². The fourth-order valence-electron chi connectivity index (χ4n) is 2.19. The summed E-state index contributed by atoms with van der Waals surface area (Å²) in [6.45, 7) is 3.50. The lowest BCUT2D eigenvalue weighted by molar-refractivity contribution is 0.0703. The molecule has 3 nitrogen and oxygen atoms in total. The van der Waals surface area contributed by atoms with Gasteiger partial charge in [0.25, 0.3) is 5.91 Å². The van der Waals surface area contributed by atoms with Crippen molar-refractivity contribution in [3.63, 3.8) is 0 Å². The number of hydrogen-bond donors (Lipinski definition) is 1. The topological polar surface area (TPSA) is 40.5 Å². The van der Waals surface area contributed by atoms with Gasteiger partial charge in [-0.2, -0.15) is 0 Å². The van der Waals surface area contributed by atoms with E-state index < -0.39 is 0 Å². The van der Waals surface area contributed by atoms with Gasteiger partial charge in [0.2, 0.25) is 0 Å². The third-order valence-corrected chi connectivity index (χ3v) is 4.23. The molecular weight excluding hydrogens is 341 g/mol. The van der Waals surface area contributed by atoms with E-state index in [2.05, 4.69) is 22.6 Å². The zero-order chi connectivity index (χ0) is 13.1. The first-order valence-corrected chi connectivity index (χ1v) is 7.47. The monoisotopic (exact) mass is 359 g/mol. The summed E-state index contributed by atoms with van der Waals surface area (Å²) in [6, 6.07) is 5.14. The van der Waals surface area contributed by atoms with Gasteiger partial charge in [-0.25, -0.2) is 0 Å². The molecule has 1 aliphatic rings. The maximum Gasteiger partial charge on any atom is 0.257 e. The van der Waals surface area contributed by atoms with Gasteiger partial charge in [-0.05, 0) is 66.5 Å². The van der Waals surface area contributed by atoms with Gasteiger partial charge in [0.05, 0.1) is 5.56 Å². The Balaban J connectivity index is 2.14. The molecule has 1 N–H and O–H groups in total. The average Bonchev–Trinajstić information content (AvgIpc) is 2.30. The van der Waals surface area contributed by atoms with Gasteiger partial charge in [0.15, 0.2) is 0 Å². The van der Waals surface area contributed by atoms with Crippen LogP contribution in [0, 0.1) is 9.49 Å². The van der Waals surface area contributed by atoms with Crippen LogP contribution in [0.2, 0.25) is 0 Å². The van der Waals surface area contributed by atoms with Crippen LogP contribution in [-0.4, -0.2) is 29.0 Å². The van der Waals surface area contributed by atoms with Gasteiger partial charge in [0.1, 0.15) is 5.75 Å². The molecule has 1 amide bonds. The molecule has 0 radical (unpaired) electrons. The first-order valence-electron chi connectivity index (χ1n) is 6.39. The average molecular weight is 359 g/mol. The molecule has 0 saturated heterocycles. The molecule has 1 aliphatic carbocycles. The summed E-state index contributed by atoms with van der Waals surface area (Å²) in [5.41, 5.74) is 0.420. The Hall–Kier alpha value is -0.780. The second kappa shape index (κ2) is 5.91. The number of benzene rings is 1. The Bertz CT molecular complexity index is 443. The van der Waals surface area contributed by atoms with E-state index in [-0.39, 0.29) is 11.7 Å². The summed E-state index contributed by atoms with van der Waals surface area (Å²) < 4.78 is 0.966. The van der Waals surface area contributed by atoms with E-state index in [9.17, 15) is 9.90 Å². The fourth-order valence-corrected chi connectivity index (χ4v) is 2.68. The number of amides is 1. The second-order valence-electron chi connectivity index (χ2n) is 4.80. The number of phenols is 1. The molecule has 1 aromatic carbocycles. The van der Waals surface area contributed by atoms with Crippen molar-refractivity contribution >= 4 is 28.5 Å². The van der Waals surface area contributed by atoms with Gasteiger partial charge in [-0.15, -0.1) is 0 Å². The number of carbonyl (C=O) groups excluding carboxylic acids is 1. The predicted molar refractivity (Wildman–Crippen MR) is 79.7 cm³/mol. The van der Waals surface area contributed by atoms with Crippen molar-refractivity contribution in [2.75, 3.05) is 13.1 Å². The molecule has 4 heteroatoms. The number of rotatable bonds is 4. The lowest BCUT2D eigenvalue weighted by atomic mass is 9.85. The van der Waals surface area contributed by atoms with E-state index in [0.717, 1.165) is 10.1 Å². The van der Waals surface area contributed by atoms with E-state index in [4.69, 9.17) is 0 Å². The summed E-state index contributed by atoms with van der Waals surface area (Å²) in [7, 11) is 0. The van der Waals surface area contributed by atoms with Crippen molar-refractivity contribution in [1.82, 2.24) is 4.90 Å². The van der Waals surface area contributed by atoms with Gasteiger partial charge in [-0.1, -0.05) is 6.42 Å². The third kappa shape index (κ3) is 2.96. The van der Waals surface area contributed by atoms with Crippen molar-refractivity contribution < 1.29 is 9.90 Å². The fraction of sp³-hybridized carbons (Fsp3) is 0.500. The highest BCUT2D eigenvalue weighted by atomic mass is 127. The van der Waals surface area contributed by atoms with Crippen LogP contribution >= 0.6 is 22.6 Å². The standard InChI is InChI=1S/C14H18INO2/c1-2-16(9-10-4-3-5-10)14(18)12-8-11(15)6-7-13(12)17/h6-8,10,17H,2-5,9H2,1H3. The van der Waals surface area contributed by atoms with Crippen molar-refractivity contribution in [1.29, 1.82) is 0 Å². The SMILES string of the molecule is CCN(CC1CCC1)C(=O)c1cc(I)ccc1O. The van der Waals surface area contributed by atoms with Crippen LogP contribution in [0.4, 0.5) is 0 Å². The highest BCUT2D eigenvalue weighted by Crippen LogP contribution is 2.28. The van der Waals surface area contributed by atoms with Crippen LogP contribution in [0.5, 0.6) is 5.75 Å². The van der Waals surface area contributed by atoms with Gasteiger partial charge in [-0.3, -0.25) is 4.79 Å².